The molecule has 0 rings (SSSR count). The molecule has 0 amide bonds. The van der Waals surface area contributed by atoms with Crippen molar-refractivity contribution in [1.82, 2.24) is 0 Å². The average molecular weight is 300 g/mol. The van der Waals surface area contributed by atoms with E-state index in [-0.39, 0.29) is 0 Å². The monoisotopic (exact) mass is 299 g/mol. The minimum atomic E-state index is 0.629. The molecule has 0 saturated heterocycles. The van der Waals surface area contributed by atoms with E-state index in [4.69, 9.17) is 0 Å². The van der Waals surface area contributed by atoms with E-state index in [1.54, 1.807) is 0 Å². The van der Waals surface area contributed by atoms with Crippen LogP contribution in [0.5, 0.6) is 0 Å². The summed E-state index contributed by atoms with van der Waals surface area (Å²) in [5.74, 6) is 0.629. The largest absolute Gasteiger partial charge is 0.254 e. The standard InChI is InChI=1S/C21H33N/c1-9-13-17(7)20(12-4)21(22-16(5)6)15-18(8)19(11-3)14-10-2/h9,12,15,19H,5,10-11,14H2,1-4,6-8H3/b18-15-,20-12-,22-21?/t13?,19-/m1/s1. The van der Waals surface area contributed by atoms with Crippen molar-refractivity contribution < 1.29 is 0 Å². The molecule has 0 radical (unpaired) electrons. The smallest absolute Gasteiger partial charge is 0.0710 e. The molecule has 0 N–H and O–H groups in total. The van der Waals surface area contributed by atoms with Gasteiger partial charge in [-0.05, 0) is 71.1 Å². The minimum Gasteiger partial charge on any atom is -0.254 e. The van der Waals surface area contributed by atoms with Gasteiger partial charge in [-0.2, -0.15) is 0 Å². The maximum Gasteiger partial charge on any atom is 0.0710 e. The summed E-state index contributed by atoms with van der Waals surface area (Å²) >= 11 is 0. The van der Waals surface area contributed by atoms with Crippen LogP contribution in [0, 0.1) is 5.92 Å². The van der Waals surface area contributed by atoms with Crippen molar-refractivity contribution in [2.45, 2.75) is 67.7 Å². The van der Waals surface area contributed by atoms with Crippen LogP contribution in [0.3, 0.4) is 0 Å². The lowest BCUT2D eigenvalue weighted by molar-refractivity contribution is 0.535. The van der Waals surface area contributed by atoms with Gasteiger partial charge >= 0.3 is 0 Å². The Balaban J connectivity index is 5.86. The van der Waals surface area contributed by atoms with Crippen molar-refractivity contribution in [1.29, 1.82) is 0 Å². The average Bonchev–Trinajstić information content (AvgIpc) is 2.44. The maximum atomic E-state index is 4.67. The lowest BCUT2D eigenvalue weighted by Crippen LogP contribution is -2.06. The molecule has 0 spiro atoms. The maximum absolute atomic E-state index is 4.67. The van der Waals surface area contributed by atoms with Gasteiger partial charge < -0.3 is 0 Å². The first-order valence-electron chi connectivity index (χ1n) is 8.38. The molecule has 0 saturated carbocycles. The fourth-order valence-corrected chi connectivity index (χ4v) is 2.66. The SMILES string of the molecule is C=C(C)N=C(/C=C(/C)[C@H](CC)CCC)/C(=C\C)C(C)=C=CC. The summed E-state index contributed by atoms with van der Waals surface area (Å²) in [6.07, 6.45) is 9.90. The molecule has 0 aromatic rings. The Morgan fingerprint density at radius 2 is 1.82 bits per heavy atom. The Kier molecular flexibility index (Phi) is 10.2. The Hall–Kier alpha value is -1.59. The Morgan fingerprint density at radius 1 is 1.18 bits per heavy atom. The Bertz CT molecular complexity index is 520. The molecule has 1 atom stereocenters. The van der Waals surface area contributed by atoms with E-state index in [0.29, 0.717) is 5.92 Å². The van der Waals surface area contributed by atoms with Crippen molar-refractivity contribution in [3.63, 3.8) is 0 Å². The van der Waals surface area contributed by atoms with Gasteiger partial charge in [0.15, 0.2) is 0 Å². The lowest BCUT2D eigenvalue weighted by atomic mass is 9.90. The lowest BCUT2D eigenvalue weighted by Gasteiger charge is -2.16. The summed E-state index contributed by atoms with van der Waals surface area (Å²) in [5, 5.41) is 0. The fraction of sp³-hybridized carbons (Fsp3) is 0.524. The number of hydrogen-bond donors (Lipinski definition) is 0. The second kappa shape index (κ2) is 11.0. The quantitative estimate of drug-likeness (QED) is 0.265. The summed E-state index contributed by atoms with van der Waals surface area (Å²) in [6.45, 7) is 18.7. The van der Waals surface area contributed by atoms with Gasteiger partial charge in [-0.1, -0.05) is 38.5 Å². The van der Waals surface area contributed by atoms with Gasteiger partial charge in [0, 0.05) is 11.3 Å². The van der Waals surface area contributed by atoms with Crippen molar-refractivity contribution in [3.05, 3.63) is 53.0 Å². The van der Waals surface area contributed by atoms with Crippen LogP contribution in [0.2, 0.25) is 0 Å². The normalized spacial score (nSPS) is 14.4. The molecule has 0 aliphatic rings. The van der Waals surface area contributed by atoms with Crippen LogP contribution in [0.4, 0.5) is 0 Å². The van der Waals surface area contributed by atoms with Gasteiger partial charge in [-0.3, -0.25) is 4.99 Å². The molecular formula is C21H33N. The molecule has 0 aliphatic carbocycles. The molecule has 22 heavy (non-hydrogen) atoms. The highest BCUT2D eigenvalue weighted by atomic mass is 14.7. The van der Waals surface area contributed by atoms with Gasteiger partial charge in [-0.25, -0.2) is 0 Å². The van der Waals surface area contributed by atoms with Gasteiger partial charge in [0.2, 0.25) is 0 Å². The molecular weight excluding hydrogens is 266 g/mol. The van der Waals surface area contributed by atoms with Crippen molar-refractivity contribution >= 4 is 5.71 Å². The van der Waals surface area contributed by atoms with Crippen LogP contribution in [0.15, 0.2) is 57.9 Å². The highest BCUT2D eigenvalue weighted by Crippen LogP contribution is 2.22. The molecule has 0 fully saturated rings. The predicted octanol–water partition coefficient (Wildman–Crippen LogP) is 6.80. The van der Waals surface area contributed by atoms with Crippen LogP contribution < -0.4 is 0 Å². The van der Waals surface area contributed by atoms with Gasteiger partial charge in [0.25, 0.3) is 0 Å². The van der Waals surface area contributed by atoms with Crippen molar-refractivity contribution in [3.8, 4) is 0 Å². The van der Waals surface area contributed by atoms with Crippen LogP contribution in [-0.4, -0.2) is 5.71 Å². The molecule has 0 heterocycles. The van der Waals surface area contributed by atoms with Crippen LogP contribution in [0.25, 0.3) is 0 Å². The number of aliphatic imine (C=N–C) groups is 1. The van der Waals surface area contributed by atoms with E-state index in [1.165, 1.54) is 24.8 Å². The second-order valence-electron chi connectivity index (χ2n) is 5.77. The summed E-state index contributed by atoms with van der Waals surface area (Å²) in [4.78, 5) is 4.67. The topological polar surface area (TPSA) is 12.4 Å². The Labute approximate surface area is 137 Å². The zero-order chi connectivity index (χ0) is 17.1. The molecule has 0 unspecified atom stereocenters. The first-order valence-corrected chi connectivity index (χ1v) is 8.38. The third kappa shape index (κ3) is 6.91. The molecule has 122 valence electrons. The number of hydrogen-bond acceptors (Lipinski definition) is 1. The third-order valence-electron chi connectivity index (χ3n) is 3.78. The van der Waals surface area contributed by atoms with Crippen molar-refractivity contribution in [2.24, 2.45) is 10.9 Å². The molecule has 0 aromatic heterocycles. The van der Waals surface area contributed by atoms with E-state index >= 15 is 0 Å². The van der Waals surface area contributed by atoms with E-state index in [2.05, 4.69) is 64.1 Å². The van der Waals surface area contributed by atoms with E-state index in [9.17, 15) is 0 Å². The fourth-order valence-electron chi connectivity index (χ4n) is 2.66. The Morgan fingerprint density at radius 3 is 2.23 bits per heavy atom. The van der Waals surface area contributed by atoms with Gasteiger partial charge in [0.1, 0.15) is 0 Å². The molecule has 0 aromatic carbocycles. The van der Waals surface area contributed by atoms with E-state index < -0.39 is 0 Å². The molecule has 1 heteroatoms. The van der Waals surface area contributed by atoms with Crippen molar-refractivity contribution in [2.75, 3.05) is 0 Å². The zero-order valence-electron chi connectivity index (χ0n) is 15.6. The third-order valence-corrected chi connectivity index (χ3v) is 3.78. The highest BCUT2D eigenvalue weighted by Gasteiger charge is 2.11. The first kappa shape index (κ1) is 20.4. The highest BCUT2D eigenvalue weighted by molar-refractivity contribution is 6.12. The van der Waals surface area contributed by atoms with Gasteiger partial charge in [0.05, 0.1) is 5.71 Å². The number of rotatable bonds is 8. The molecule has 1 nitrogen and oxygen atoms in total. The van der Waals surface area contributed by atoms with Gasteiger partial charge in [-0.15, -0.1) is 5.73 Å². The van der Waals surface area contributed by atoms with E-state index in [0.717, 1.165) is 22.6 Å². The number of allylic oxidation sites excluding steroid dienone is 6. The summed E-state index contributed by atoms with van der Waals surface area (Å²) in [5.41, 5.74) is 8.74. The molecule has 0 aliphatic heterocycles. The molecule has 0 bridgehead atoms. The number of nitrogens with zero attached hydrogens (tertiary/aromatic N) is 1. The van der Waals surface area contributed by atoms with E-state index in [1.807, 2.05) is 19.9 Å². The predicted molar refractivity (Wildman–Crippen MR) is 101 cm³/mol. The first-order chi connectivity index (χ1) is 10.4. The summed E-state index contributed by atoms with van der Waals surface area (Å²) < 4.78 is 0. The summed E-state index contributed by atoms with van der Waals surface area (Å²) in [6, 6.07) is 0. The van der Waals surface area contributed by atoms with Crippen LogP contribution >= 0.6 is 0 Å². The second-order valence-corrected chi connectivity index (χ2v) is 5.77. The van der Waals surface area contributed by atoms with Crippen LogP contribution in [-0.2, 0) is 0 Å². The zero-order valence-corrected chi connectivity index (χ0v) is 15.6. The van der Waals surface area contributed by atoms with Crippen LogP contribution in [0.1, 0.15) is 67.7 Å². The summed E-state index contributed by atoms with van der Waals surface area (Å²) in [7, 11) is 0. The minimum absolute atomic E-state index is 0.629.